The van der Waals surface area contributed by atoms with Crippen molar-refractivity contribution in [3.8, 4) is 0 Å². The Kier molecular flexibility index (Phi) is 5.51. The third-order valence-electron chi connectivity index (χ3n) is 3.87. The van der Waals surface area contributed by atoms with E-state index in [4.69, 9.17) is 0 Å². The summed E-state index contributed by atoms with van der Waals surface area (Å²) in [5.74, 6) is 0. The molecule has 0 saturated heterocycles. The molecule has 0 aliphatic carbocycles. The molecular weight excluding hydrogens is 266 g/mol. The van der Waals surface area contributed by atoms with E-state index >= 15 is 0 Å². The van der Waals surface area contributed by atoms with E-state index in [-0.39, 0.29) is 0 Å². The first-order valence-electron chi connectivity index (χ1n) is 7.55. The zero-order valence-corrected chi connectivity index (χ0v) is 13.3. The van der Waals surface area contributed by atoms with Crippen molar-refractivity contribution in [1.82, 2.24) is 5.32 Å². The van der Waals surface area contributed by atoms with Crippen LogP contribution >= 0.6 is 0 Å². The summed E-state index contributed by atoms with van der Waals surface area (Å²) in [6.45, 7) is 5.91. The smallest absolute Gasteiger partial charge is 0.0945 e. The number of likely N-dealkylation sites (N-methyl/N-ethyl adjacent to an activating group) is 1. The van der Waals surface area contributed by atoms with E-state index in [0.717, 1.165) is 5.57 Å². The topological polar surface area (TPSA) is 12.0 Å². The van der Waals surface area contributed by atoms with Crippen LogP contribution in [0.5, 0.6) is 0 Å². The maximum absolute atomic E-state index is 3.88. The molecule has 0 aliphatic rings. The lowest BCUT2D eigenvalue weighted by atomic mass is 9.76. The highest BCUT2D eigenvalue weighted by molar-refractivity contribution is 5.52. The van der Waals surface area contributed by atoms with Crippen LogP contribution in [-0.2, 0) is 5.54 Å². The maximum Gasteiger partial charge on any atom is 0.0945 e. The lowest BCUT2D eigenvalue weighted by Gasteiger charge is -2.36. The minimum atomic E-state index is -0.400. The Hall–Kier alpha value is -2.38. The zero-order chi connectivity index (χ0) is 15.8. The molecule has 2 rings (SSSR count). The molecule has 0 radical (unpaired) electrons. The largest absolute Gasteiger partial charge is 0.303 e. The van der Waals surface area contributed by atoms with Gasteiger partial charge in [-0.3, -0.25) is 0 Å². The molecule has 0 heterocycles. The number of nitrogens with one attached hydrogen (secondary N) is 1. The van der Waals surface area contributed by atoms with Crippen molar-refractivity contribution in [2.45, 2.75) is 12.5 Å². The van der Waals surface area contributed by atoms with Crippen molar-refractivity contribution in [2.24, 2.45) is 0 Å². The molecular formula is C21H23N. The Morgan fingerprint density at radius 3 is 1.82 bits per heavy atom. The summed E-state index contributed by atoms with van der Waals surface area (Å²) in [6, 6.07) is 21.0. The Morgan fingerprint density at radius 2 is 1.45 bits per heavy atom. The third-order valence-corrected chi connectivity index (χ3v) is 3.87. The fourth-order valence-corrected chi connectivity index (χ4v) is 2.92. The summed E-state index contributed by atoms with van der Waals surface area (Å²) in [5.41, 5.74) is 3.16. The Bertz CT molecular complexity index is 611. The van der Waals surface area contributed by atoms with E-state index in [1.165, 1.54) is 11.1 Å². The summed E-state index contributed by atoms with van der Waals surface area (Å²) in [7, 11) is 2.00. The summed E-state index contributed by atoms with van der Waals surface area (Å²) >= 11 is 0. The molecule has 2 aromatic rings. The van der Waals surface area contributed by atoms with Crippen LogP contribution < -0.4 is 5.32 Å². The Labute approximate surface area is 133 Å². The highest BCUT2D eigenvalue weighted by Gasteiger charge is 2.34. The molecule has 1 nitrogen and oxygen atoms in total. The van der Waals surface area contributed by atoms with E-state index in [1.807, 2.05) is 32.2 Å². The van der Waals surface area contributed by atoms with Crippen LogP contribution in [0, 0.1) is 0 Å². The second-order valence-electron chi connectivity index (χ2n) is 5.09. The summed E-state index contributed by atoms with van der Waals surface area (Å²) in [5, 5.41) is 3.55. The predicted molar refractivity (Wildman–Crippen MR) is 95.8 cm³/mol. The fraction of sp³-hybridized carbons (Fsp3) is 0.143. The number of allylic oxidation sites excluding steroid dienone is 3. The van der Waals surface area contributed by atoms with Crippen molar-refractivity contribution in [3.05, 3.63) is 108 Å². The molecule has 0 fully saturated rings. The molecule has 0 spiro atoms. The first kappa shape index (κ1) is 16.0. The van der Waals surface area contributed by atoms with Gasteiger partial charge in [0.25, 0.3) is 0 Å². The zero-order valence-electron chi connectivity index (χ0n) is 13.3. The average Bonchev–Trinajstić information content (AvgIpc) is 2.58. The molecule has 0 bridgehead atoms. The molecule has 0 atom stereocenters. The Balaban J connectivity index is 2.78. The lowest BCUT2D eigenvalue weighted by Crippen LogP contribution is -2.42. The maximum atomic E-state index is 3.88. The molecule has 0 amide bonds. The third kappa shape index (κ3) is 2.95. The van der Waals surface area contributed by atoms with Crippen molar-refractivity contribution < 1.29 is 0 Å². The van der Waals surface area contributed by atoms with Crippen molar-refractivity contribution >= 4 is 0 Å². The normalized spacial score (nSPS) is 12.5. The van der Waals surface area contributed by atoms with Crippen LogP contribution in [0.15, 0.2) is 97.1 Å². The standard InChI is InChI=1S/C21H23N/c1-4-12-18(13-5-2)21(22-3,19-14-8-6-9-15-19)20-16-10-7-11-17-20/h4-17,22H,1H2,2-3H3/b13-5-,18-12+. The van der Waals surface area contributed by atoms with Gasteiger partial charge in [0, 0.05) is 0 Å². The highest BCUT2D eigenvalue weighted by atomic mass is 14.9. The summed E-state index contributed by atoms with van der Waals surface area (Å²) in [6.07, 6.45) is 8.11. The molecule has 1 heteroatoms. The molecule has 1 N–H and O–H groups in total. The Morgan fingerprint density at radius 1 is 0.955 bits per heavy atom. The van der Waals surface area contributed by atoms with Crippen molar-refractivity contribution in [1.29, 1.82) is 0 Å². The van der Waals surface area contributed by atoms with E-state index < -0.39 is 5.54 Å². The van der Waals surface area contributed by atoms with E-state index in [9.17, 15) is 0 Å². The molecule has 22 heavy (non-hydrogen) atoms. The highest BCUT2D eigenvalue weighted by Crippen LogP contribution is 2.37. The van der Waals surface area contributed by atoms with Gasteiger partial charge < -0.3 is 5.32 Å². The van der Waals surface area contributed by atoms with Gasteiger partial charge in [-0.1, -0.05) is 91.5 Å². The monoisotopic (exact) mass is 289 g/mol. The van der Waals surface area contributed by atoms with Gasteiger partial charge in [-0.2, -0.15) is 0 Å². The molecule has 112 valence electrons. The number of rotatable bonds is 6. The molecule has 0 unspecified atom stereocenters. The van der Waals surface area contributed by atoms with Crippen LogP contribution in [0.1, 0.15) is 18.1 Å². The fourth-order valence-electron chi connectivity index (χ4n) is 2.92. The minimum absolute atomic E-state index is 0.400. The van der Waals surface area contributed by atoms with Gasteiger partial charge in [0.15, 0.2) is 0 Å². The van der Waals surface area contributed by atoms with Gasteiger partial charge in [0.2, 0.25) is 0 Å². The molecule has 0 aliphatic heterocycles. The van der Waals surface area contributed by atoms with Gasteiger partial charge in [-0.05, 0) is 30.7 Å². The number of hydrogen-bond acceptors (Lipinski definition) is 1. The van der Waals surface area contributed by atoms with Gasteiger partial charge in [0.1, 0.15) is 0 Å². The van der Waals surface area contributed by atoms with Crippen LogP contribution in [-0.4, -0.2) is 7.05 Å². The molecule has 2 aromatic carbocycles. The van der Waals surface area contributed by atoms with Crippen LogP contribution in [0.4, 0.5) is 0 Å². The summed E-state index contributed by atoms with van der Waals surface area (Å²) < 4.78 is 0. The van der Waals surface area contributed by atoms with Crippen molar-refractivity contribution in [2.75, 3.05) is 7.05 Å². The lowest BCUT2D eigenvalue weighted by molar-refractivity contribution is 0.524. The van der Waals surface area contributed by atoms with Crippen molar-refractivity contribution in [3.63, 3.8) is 0 Å². The van der Waals surface area contributed by atoms with E-state index in [0.29, 0.717) is 0 Å². The van der Waals surface area contributed by atoms with Crippen LogP contribution in [0.3, 0.4) is 0 Å². The second kappa shape index (κ2) is 7.58. The van der Waals surface area contributed by atoms with Gasteiger partial charge in [-0.25, -0.2) is 0 Å². The number of benzene rings is 2. The van der Waals surface area contributed by atoms with Gasteiger partial charge in [0.05, 0.1) is 5.54 Å². The molecule has 0 saturated carbocycles. The van der Waals surface area contributed by atoms with Gasteiger partial charge >= 0.3 is 0 Å². The van der Waals surface area contributed by atoms with Gasteiger partial charge in [-0.15, -0.1) is 0 Å². The van der Waals surface area contributed by atoms with E-state index in [2.05, 4.69) is 78.7 Å². The predicted octanol–water partition coefficient (Wildman–Crippen LogP) is 4.84. The minimum Gasteiger partial charge on any atom is -0.303 e. The molecule has 0 aromatic heterocycles. The van der Waals surface area contributed by atoms with Crippen LogP contribution in [0.25, 0.3) is 0 Å². The first-order chi connectivity index (χ1) is 10.8. The van der Waals surface area contributed by atoms with Crippen LogP contribution in [0.2, 0.25) is 0 Å². The summed E-state index contributed by atoms with van der Waals surface area (Å²) in [4.78, 5) is 0. The average molecular weight is 289 g/mol. The SMILES string of the molecule is C=C/C=C(\C=C/C)C(NC)(c1ccccc1)c1ccccc1. The van der Waals surface area contributed by atoms with E-state index in [1.54, 1.807) is 0 Å². The number of hydrogen-bond donors (Lipinski definition) is 1. The second-order valence-corrected chi connectivity index (χ2v) is 5.09. The quantitative estimate of drug-likeness (QED) is 0.750. The first-order valence-corrected chi connectivity index (χ1v) is 7.55.